The Morgan fingerprint density at radius 2 is 0.793 bits per heavy atom. The lowest BCUT2D eigenvalue weighted by molar-refractivity contribution is 0.0213. The molecule has 2 saturated heterocycles. The quantitative estimate of drug-likeness (QED) is 0.138. The van der Waals surface area contributed by atoms with Crippen LogP contribution < -0.4 is 15.9 Å². The second-order valence-electron chi connectivity index (χ2n) is 34.8. The number of nitrogens with zero attached hydrogens (tertiary/aromatic N) is 8. The van der Waals surface area contributed by atoms with Crippen LogP contribution in [0.5, 0.6) is 0 Å². The summed E-state index contributed by atoms with van der Waals surface area (Å²) in [5.41, 5.74) is 22.0. The number of ketones is 1. The number of carbonyl (C=O) groups excluding carboxylic acids is 1. The number of hydrogen-bond donors (Lipinski definition) is 1. The number of halogens is 3. The van der Waals surface area contributed by atoms with E-state index in [1.165, 1.54) is 66.8 Å². The zero-order valence-corrected chi connectivity index (χ0v) is 74.9. The lowest BCUT2D eigenvalue weighted by Gasteiger charge is -2.33. The molecular weight excluding hydrogens is 1570 g/mol. The van der Waals surface area contributed by atoms with Crippen LogP contribution in [-0.2, 0) is 87.2 Å². The molecule has 121 heavy (non-hydrogen) atoms. The first-order chi connectivity index (χ1) is 57.8. The van der Waals surface area contributed by atoms with E-state index >= 15 is 0 Å². The number of ether oxygens (including phenoxy) is 5. The zero-order valence-electron chi connectivity index (χ0n) is 72.6. The van der Waals surface area contributed by atoms with Crippen LogP contribution in [-0.4, -0.2) is 104 Å². The lowest BCUT2D eigenvalue weighted by atomic mass is 9.90. The molecule has 11 aromatic rings. The first kappa shape index (κ1) is 89.6. The van der Waals surface area contributed by atoms with E-state index < -0.39 is 5.72 Å². The summed E-state index contributed by atoms with van der Waals surface area (Å²) < 4.78 is 28.9. The van der Waals surface area contributed by atoms with E-state index in [1.54, 1.807) is 24.8 Å². The Labute approximate surface area is 730 Å². The Kier molecular flexibility index (Phi) is 29.2. The maximum atomic E-state index is 12.3. The minimum atomic E-state index is -0.493. The number of nitrogens with one attached hydrogen (secondary N) is 1. The van der Waals surface area contributed by atoms with E-state index in [1.807, 2.05) is 130 Å². The first-order valence-electron chi connectivity index (χ1n) is 41.8. The summed E-state index contributed by atoms with van der Waals surface area (Å²) in [5.74, 6) is 2.78. The van der Waals surface area contributed by atoms with E-state index in [9.17, 15) is 4.79 Å². The van der Waals surface area contributed by atoms with Gasteiger partial charge in [0.1, 0.15) is 36.9 Å². The molecule has 0 saturated carbocycles. The van der Waals surface area contributed by atoms with Crippen LogP contribution in [0.1, 0.15) is 193 Å². The highest BCUT2D eigenvalue weighted by Crippen LogP contribution is 2.44. The Morgan fingerprint density at radius 3 is 1.20 bits per heavy atom. The summed E-state index contributed by atoms with van der Waals surface area (Å²) in [6.45, 7) is 38.4. The van der Waals surface area contributed by atoms with E-state index in [2.05, 4.69) is 226 Å². The summed E-state index contributed by atoms with van der Waals surface area (Å²) in [6, 6.07) is 67.1. The maximum absolute atomic E-state index is 12.3. The molecule has 2 fully saturated rings. The van der Waals surface area contributed by atoms with Crippen LogP contribution in [0.25, 0.3) is 17.8 Å². The van der Waals surface area contributed by atoms with Crippen LogP contribution in [0.15, 0.2) is 240 Å². The molecule has 7 aromatic carbocycles. The van der Waals surface area contributed by atoms with Crippen molar-refractivity contribution in [1.82, 2.24) is 25.3 Å². The summed E-state index contributed by atoms with van der Waals surface area (Å²) in [5, 5.41) is 12.2. The minimum absolute atomic E-state index is 0.0233. The molecule has 0 atom stereocenters. The topological polar surface area (TPSA) is 178 Å². The van der Waals surface area contributed by atoms with E-state index in [4.69, 9.17) is 58.5 Å². The monoisotopic (exact) mass is 1680 g/mol. The highest BCUT2D eigenvalue weighted by molar-refractivity contribution is 6.31. The fourth-order valence-corrected chi connectivity index (χ4v) is 15.8. The molecule has 18 heteroatoms. The molecule has 0 radical (unpaired) electrons. The number of hydrogen-bond acceptors (Lipinski definition) is 14. The van der Waals surface area contributed by atoms with Crippen LogP contribution >= 0.6 is 34.8 Å². The van der Waals surface area contributed by atoms with E-state index in [0.29, 0.717) is 50.0 Å². The maximum Gasteiger partial charge on any atom is 0.236 e. The zero-order chi connectivity index (χ0) is 86.3. The molecule has 4 aromatic heterocycles. The fraction of sp³-hybridized carbons (Fsp3) is 0.340. The number of rotatable bonds is 10. The summed E-state index contributed by atoms with van der Waals surface area (Å²) in [4.78, 5) is 43.6. The molecule has 2 aliphatic carbocycles. The third-order valence-corrected chi connectivity index (χ3v) is 22.5. The number of aryl methyl sites for hydroxylation is 13. The van der Waals surface area contributed by atoms with Crippen molar-refractivity contribution in [3.8, 4) is 0 Å². The third kappa shape index (κ3) is 23.5. The summed E-state index contributed by atoms with van der Waals surface area (Å²) in [6.07, 6.45) is 15.8. The number of fused-ring (bicyclic) bond motifs is 6. The van der Waals surface area contributed by atoms with Gasteiger partial charge in [-0.3, -0.25) is 30.0 Å². The number of aromatic nitrogens is 4. The highest BCUT2D eigenvalue weighted by Gasteiger charge is 2.49. The molecule has 0 bridgehead atoms. The van der Waals surface area contributed by atoms with Crippen molar-refractivity contribution in [3.05, 3.63) is 368 Å². The molecule has 7 aliphatic rings. The largest absolute Gasteiger partial charge is 0.645 e. The number of pyridine rings is 4. The number of aliphatic imine (C=N–C) groups is 3. The van der Waals surface area contributed by atoms with Gasteiger partial charge in [0.25, 0.3) is 0 Å². The average Bonchev–Trinajstić information content (AvgIpc) is 1.59. The van der Waals surface area contributed by atoms with Crippen LogP contribution in [0.2, 0.25) is 15.1 Å². The highest BCUT2D eigenvalue weighted by atomic mass is 35.5. The van der Waals surface area contributed by atoms with Gasteiger partial charge in [0.15, 0.2) is 11.5 Å². The third-order valence-electron chi connectivity index (χ3n) is 21.8. The van der Waals surface area contributed by atoms with Crippen LogP contribution in [0.4, 0.5) is 0 Å². The molecule has 1 N–H and O–H groups in total. The fourth-order valence-electron chi connectivity index (χ4n) is 15.2. The van der Waals surface area contributed by atoms with Crippen molar-refractivity contribution in [3.63, 3.8) is 0 Å². The Hall–Kier alpha value is -10.7. The van der Waals surface area contributed by atoms with Gasteiger partial charge >= 0.3 is 0 Å². The van der Waals surface area contributed by atoms with Gasteiger partial charge in [-0.25, -0.2) is 15.0 Å². The van der Waals surface area contributed by atoms with Gasteiger partial charge in [0, 0.05) is 73.5 Å². The SMILES string of the molecule is C=c1cccnc1=C1[N-]C(C)(C)CO1.CC1(C)COC2(N1)c1ccccc1CCc1ccccc12.CCc1cc(Cl)ccc1C.Cc1ccc(Cl)cc1CCc1cccnc1C1=NC(C)(C)CO1.Cc1ccc(Cl)cc1CCc1cccnc1C1=NC(C)(C)CO1.Cc1cccnc1C1=NC(C)(C)CO1.O=C1c2ccccc2CCc2ccccc21. The lowest BCUT2D eigenvalue weighted by Crippen LogP contribution is -2.47. The van der Waals surface area contributed by atoms with Gasteiger partial charge in [-0.2, -0.15) is 0 Å². The van der Waals surface area contributed by atoms with Gasteiger partial charge in [-0.15, -0.1) is 0 Å². The van der Waals surface area contributed by atoms with Crippen molar-refractivity contribution < 1.29 is 28.5 Å². The van der Waals surface area contributed by atoms with E-state index in [-0.39, 0.29) is 33.5 Å². The molecule has 15 nitrogen and oxygen atoms in total. The second-order valence-corrected chi connectivity index (χ2v) is 36.1. The standard InChI is InChI=1S/2C19H21ClN2O.C19H21NO.C15H12O.C11H14N2O.C11H13N2O.C9H11Cl/c2*1-13-6-9-16(20)11-15(13)8-7-14-5-4-10-21-17(14)18-22-19(2,3)12-23-18;1-18(2)13-21-19(20-18)16-9-5-3-7-14(16)11-12-15-8-4-6-10-17(15)19;16-15-13-7-3-1-5-11(13)9-10-12-6-2-4-8-14(12)15;2*1-8-5-4-6-12-9(8)10-13-11(2,3)7-14-10;1-3-8-6-9(10)5-4-7(8)2/h2*4-6,9-11H,7-8,12H2,1-3H3;3-10,20H,11-13H2,1-2H3;1-8H,9-10H2;4-6H,7H2,1-3H3;4-6H,1,7H2,2-3H3;4-6H,3H2,1-2H3/q;;;;;-1;. The molecular formula is C103H113Cl3N9O6-. The second kappa shape index (κ2) is 39.5. The van der Waals surface area contributed by atoms with Gasteiger partial charge < -0.3 is 29.0 Å². The first-order valence-corrected chi connectivity index (χ1v) is 42.9. The Balaban J connectivity index is 0.000000131. The minimum Gasteiger partial charge on any atom is -0.645 e. The molecule has 0 unspecified atom stereocenters. The van der Waals surface area contributed by atoms with Crippen LogP contribution in [0.3, 0.4) is 0 Å². The smallest absolute Gasteiger partial charge is 0.236 e. The Bertz CT molecular complexity index is 5510. The van der Waals surface area contributed by atoms with Gasteiger partial charge in [-0.1, -0.05) is 207 Å². The van der Waals surface area contributed by atoms with Crippen molar-refractivity contribution in [2.24, 2.45) is 15.0 Å². The van der Waals surface area contributed by atoms with Gasteiger partial charge in [0.05, 0.1) is 35.2 Å². The van der Waals surface area contributed by atoms with Crippen molar-refractivity contribution in [1.29, 1.82) is 0 Å². The Morgan fingerprint density at radius 1 is 0.405 bits per heavy atom. The normalized spacial score (nSPS) is 17.3. The predicted molar refractivity (Wildman–Crippen MR) is 494 cm³/mol. The number of carbonyl (C=O) groups is 1. The van der Waals surface area contributed by atoms with Gasteiger partial charge in [0.2, 0.25) is 17.7 Å². The number of benzene rings is 7. The summed E-state index contributed by atoms with van der Waals surface area (Å²) in [7, 11) is 0. The van der Waals surface area contributed by atoms with Crippen molar-refractivity contribution in [2.45, 2.75) is 195 Å². The molecule has 9 heterocycles. The molecule has 0 amide bonds. The summed E-state index contributed by atoms with van der Waals surface area (Å²) >= 11 is 18.0. The van der Waals surface area contributed by atoms with Gasteiger partial charge in [-0.05, 0) is 279 Å². The van der Waals surface area contributed by atoms with Crippen LogP contribution in [0, 0.1) is 27.7 Å². The molecule has 628 valence electrons. The van der Waals surface area contributed by atoms with Crippen molar-refractivity contribution >= 4 is 70.7 Å². The molecule has 18 rings (SSSR count). The van der Waals surface area contributed by atoms with E-state index in [0.717, 1.165) is 135 Å². The molecule has 5 aliphatic heterocycles. The molecule has 1 spiro atoms. The average molecular weight is 1680 g/mol. The van der Waals surface area contributed by atoms with Crippen molar-refractivity contribution in [2.75, 3.05) is 33.0 Å². The predicted octanol–water partition coefficient (Wildman–Crippen LogP) is 21.1.